The van der Waals surface area contributed by atoms with Crippen molar-refractivity contribution in [3.8, 4) is 0 Å². The van der Waals surface area contributed by atoms with Gasteiger partial charge in [-0.05, 0) is 56.2 Å². The molecule has 192 valence electrons. The molecule has 0 saturated carbocycles. The molecule has 8 heteroatoms. The monoisotopic (exact) mass is 512 g/mol. The fourth-order valence-electron chi connectivity index (χ4n) is 4.92. The lowest BCUT2D eigenvalue weighted by Crippen LogP contribution is -2.49. The van der Waals surface area contributed by atoms with E-state index in [2.05, 4.69) is 40.8 Å². The molecule has 1 aliphatic heterocycles. The molecule has 1 aromatic carbocycles. The highest BCUT2D eigenvalue weighted by Crippen LogP contribution is 2.37. The number of rotatable bonds is 8. The number of nitrogens with one attached hydrogen (secondary N) is 1. The summed E-state index contributed by atoms with van der Waals surface area (Å²) < 4.78 is 27.9. The third kappa shape index (κ3) is 6.70. The van der Waals surface area contributed by atoms with Gasteiger partial charge < -0.3 is 15.1 Å². The van der Waals surface area contributed by atoms with Crippen molar-refractivity contribution in [2.75, 3.05) is 31.5 Å². The van der Waals surface area contributed by atoms with Crippen LogP contribution in [0.15, 0.2) is 66.6 Å². The Morgan fingerprint density at radius 2 is 1.86 bits per heavy atom. The molecule has 5 nitrogen and oxygen atoms in total. The van der Waals surface area contributed by atoms with Crippen molar-refractivity contribution in [3.63, 3.8) is 0 Å². The first-order valence-corrected chi connectivity index (χ1v) is 13.2. The van der Waals surface area contributed by atoms with Crippen LogP contribution in [0.1, 0.15) is 54.2 Å². The molecule has 0 radical (unpaired) electrons. The number of carbonyl (C=O) groups excluding carboxylic acids is 1. The molecular weight excluding hydrogens is 477 g/mol. The fourth-order valence-corrected chi connectivity index (χ4v) is 5.17. The SMILES string of the molecule is C=C(Nc1ccc(CCC2=CC(C)CCC2)nc1)N1CCN(C(=O)c2ccccc2C(F)(F)P)CC1. The Morgan fingerprint density at radius 3 is 2.53 bits per heavy atom. The average molecular weight is 513 g/mol. The van der Waals surface area contributed by atoms with Crippen molar-refractivity contribution in [3.05, 3.63) is 83.5 Å². The van der Waals surface area contributed by atoms with Crippen molar-refractivity contribution in [1.29, 1.82) is 0 Å². The van der Waals surface area contributed by atoms with E-state index >= 15 is 0 Å². The van der Waals surface area contributed by atoms with E-state index in [0.29, 0.717) is 32.1 Å². The van der Waals surface area contributed by atoms with Crippen molar-refractivity contribution in [2.24, 2.45) is 5.92 Å². The summed E-state index contributed by atoms with van der Waals surface area (Å²) in [7, 11) is 1.52. The number of hydrogen-bond donors (Lipinski definition) is 1. The lowest BCUT2D eigenvalue weighted by Gasteiger charge is -2.37. The van der Waals surface area contributed by atoms with Gasteiger partial charge in [0.2, 0.25) is 0 Å². The summed E-state index contributed by atoms with van der Waals surface area (Å²) >= 11 is 0. The molecule has 4 rings (SSSR count). The third-order valence-electron chi connectivity index (χ3n) is 6.96. The standard InChI is InChI=1S/C28H35F2N4OP/c1-20-6-5-7-22(18-20)10-11-23-12-13-24(19-31-23)32-21(2)33-14-16-34(17-15-33)27(35)25-8-3-4-9-26(25)28(29,30)36/h3-4,8-9,12-13,18-20,32H,2,5-7,10-11,14-17,36H2,1H3. The second kappa shape index (κ2) is 11.5. The van der Waals surface area contributed by atoms with Crippen molar-refractivity contribution < 1.29 is 13.6 Å². The molecule has 1 amide bonds. The number of carbonyl (C=O) groups is 1. The van der Waals surface area contributed by atoms with E-state index < -0.39 is 5.66 Å². The van der Waals surface area contributed by atoms with Crippen LogP contribution in [-0.2, 0) is 12.1 Å². The first-order valence-electron chi connectivity index (χ1n) is 12.6. The zero-order valence-corrected chi connectivity index (χ0v) is 22.0. The average Bonchev–Trinajstić information content (AvgIpc) is 2.87. The maximum Gasteiger partial charge on any atom is 0.284 e. The molecule has 2 atom stereocenters. The van der Waals surface area contributed by atoms with Crippen LogP contribution in [0.2, 0.25) is 0 Å². The Kier molecular flexibility index (Phi) is 8.40. The highest BCUT2D eigenvalue weighted by Gasteiger charge is 2.32. The van der Waals surface area contributed by atoms with E-state index in [1.54, 1.807) is 16.5 Å². The second-order valence-electron chi connectivity index (χ2n) is 9.75. The van der Waals surface area contributed by atoms with Gasteiger partial charge in [0.25, 0.3) is 11.6 Å². The molecule has 2 heterocycles. The number of allylic oxidation sites excluding steroid dienone is 2. The van der Waals surface area contributed by atoms with Crippen molar-refractivity contribution in [1.82, 2.24) is 14.8 Å². The Labute approximate surface area is 214 Å². The molecule has 1 N–H and O–H groups in total. The molecule has 1 fully saturated rings. The van der Waals surface area contributed by atoms with Crippen LogP contribution < -0.4 is 5.32 Å². The molecule has 0 bridgehead atoms. The molecule has 2 unspecified atom stereocenters. The number of amides is 1. The molecule has 2 aliphatic rings. The Balaban J connectivity index is 1.27. The number of aromatic nitrogens is 1. The van der Waals surface area contributed by atoms with Crippen LogP contribution in [0.4, 0.5) is 14.5 Å². The van der Waals surface area contributed by atoms with E-state index in [1.165, 1.54) is 46.7 Å². The van der Waals surface area contributed by atoms with Gasteiger partial charge in [-0.15, -0.1) is 0 Å². The molecule has 1 aromatic heterocycles. The number of alkyl halides is 2. The lowest BCUT2D eigenvalue weighted by molar-refractivity contribution is 0.0646. The van der Waals surface area contributed by atoms with Gasteiger partial charge in [-0.3, -0.25) is 9.78 Å². The molecule has 1 aliphatic carbocycles. The summed E-state index contributed by atoms with van der Waals surface area (Å²) in [6.45, 7) is 8.43. The number of anilines is 1. The van der Waals surface area contributed by atoms with Gasteiger partial charge in [-0.25, -0.2) is 0 Å². The fraction of sp³-hybridized carbons (Fsp3) is 0.429. The first kappa shape index (κ1) is 26.3. The molecule has 36 heavy (non-hydrogen) atoms. The Morgan fingerprint density at radius 1 is 1.14 bits per heavy atom. The van der Waals surface area contributed by atoms with Gasteiger partial charge in [0.15, 0.2) is 0 Å². The third-order valence-corrected chi connectivity index (χ3v) is 7.27. The number of halogens is 2. The summed E-state index contributed by atoms with van der Waals surface area (Å²) in [6, 6.07) is 9.97. The first-order chi connectivity index (χ1) is 17.2. The van der Waals surface area contributed by atoms with Crippen molar-refractivity contribution >= 4 is 20.8 Å². The van der Waals surface area contributed by atoms with Crippen LogP contribution in [-0.4, -0.2) is 46.9 Å². The van der Waals surface area contributed by atoms with Gasteiger partial charge in [-0.2, -0.15) is 8.78 Å². The highest BCUT2D eigenvalue weighted by molar-refractivity contribution is 7.17. The Bertz CT molecular complexity index is 1110. The summed E-state index contributed by atoms with van der Waals surface area (Å²) in [5, 5.41) is 3.31. The van der Waals surface area contributed by atoms with Gasteiger partial charge in [-0.1, -0.05) is 52.6 Å². The van der Waals surface area contributed by atoms with E-state index in [4.69, 9.17) is 0 Å². The minimum Gasteiger partial charge on any atom is -0.355 e. The van der Waals surface area contributed by atoms with Crippen LogP contribution >= 0.6 is 9.24 Å². The molecular formula is C28H35F2N4OP. The normalized spacial score (nSPS) is 18.6. The molecule has 0 spiro atoms. The molecule has 2 aromatic rings. The topological polar surface area (TPSA) is 48.5 Å². The maximum absolute atomic E-state index is 13.9. The van der Waals surface area contributed by atoms with Crippen molar-refractivity contribution in [2.45, 2.75) is 44.7 Å². The quantitative estimate of drug-likeness (QED) is 0.347. The predicted octanol–water partition coefficient (Wildman–Crippen LogP) is 6.03. The van der Waals surface area contributed by atoms with Gasteiger partial charge >= 0.3 is 0 Å². The zero-order chi connectivity index (χ0) is 25.7. The number of aryl methyl sites for hydroxylation is 1. The summed E-state index contributed by atoms with van der Waals surface area (Å²) in [4.78, 5) is 21.2. The summed E-state index contributed by atoms with van der Waals surface area (Å²) in [6.07, 6.45) is 10.1. The number of benzene rings is 1. The largest absolute Gasteiger partial charge is 0.355 e. The van der Waals surface area contributed by atoms with E-state index in [1.807, 2.05) is 12.3 Å². The van der Waals surface area contributed by atoms with Gasteiger partial charge in [0, 0.05) is 43.0 Å². The summed E-state index contributed by atoms with van der Waals surface area (Å²) in [5.74, 6) is 1.05. The van der Waals surface area contributed by atoms with Crippen LogP contribution in [0.25, 0.3) is 0 Å². The highest BCUT2D eigenvalue weighted by atomic mass is 31.0. The number of nitrogens with zero attached hydrogens (tertiary/aromatic N) is 3. The smallest absolute Gasteiger partial charge is 0.284 e. The number of piperazine rings is 1. The Hall–Kier alpha value is -2.79. The summed E-state index contributed by atoms with van der Waals surface area (Å²) in [5.41, 5.74) is 0.118. The number of hydrogen-bond acceptors (Lipinski definition) is 4. The predicted molar refractivity (Wildman–Crippen MR) is 144 cm³/mol. The maximum atomic E-state index is 13.9. The van der Waals surface area contributed by atoms with E-state index in [-0.39, 0.29) is 17.0 Å². The second-order valence-corrected chi connectivity index (χ2v) is 10.5. The number of pyridine rings is 1. The van der Waals surface area contributed by atoms with Crippen LogP contribution in [0, 0.1) is 5.92 Å². The van der Waals surface area contributed by atoms with Gasteiger partial charge in [0.05, 0.1) is 17.7 Å². The van der Waals surface area contributed by atoms with E-state index in [0.717, 1.165) is 30.0 Å². The molecule has 1 saturated heterocycles. The van der Waals surface area contributed by atoms with Gasteiger partial charge in [0.1, 0.15) is 0 Å². The van der Waals surface area contributed by atoms with Crippen LogP contribution in [0.5, 0.6) is 0 Å². The zero-order valence-electron chi connectivity index (χ0n) is 20.9. The lowest BCUT2D eigenvalue weighted by atomic mass is 9.89. The van der Waals surface area contributed by atoms with Crippen LogP contribution in [0.3, 0.4) is 0 Å². The minimum atomic E-state index is -3.15. The van der Waals surface area contributed by atoms with E-state index in [9.17, 15) is 13.6 Å². The minimum absolute atomic E-state index is 0.0448.